The highest BCUT2D eigenvalue weighted by atomic mass is 79.9. The van der Waals surface area contributed by atoms with Gasteiger partial charge in [0.15, 0.2) is 5.78 Å². The lowest BCUT2D eigenvalue weighted by molar-refractivity contribution is 0.103. The van der Waals surface area contributed by atoms with Crippen LogP contribution in [0, 0.1) is 6.92 Å². The number of fused-ring (bicyclic) bond motifs is 1. The smallest absolute Gasteiger partial charge is 0.197 e. The van der Waals surface area contributed by atoms with E-state index in [0.29, 0.717) is 11.3 Å². The SMILES string of the molecule is Cc1occc1C(=O)c1csc2c(Br)cccc12. The third kappa shape index (κ3) is 1.72. The van der Waals surface area contributed by atoms with Gasteiger partial charge in [-0.3, -0.25) is 4.79 Å². The zero-order valence-corrected chi connectivity index (χ0v) is 12.0. The average molecular weight is 321 g/mol. The number of hydrogen-bond donors (Lipinski definition) is 0. The van der Waals surface area contributed by atoms with Crippen molar-refractivity contribution in [3.8, 4) is 0 Å². The van der Waals surface area contributed by atoms with Crippen LogP contribution >= 0.6 is 27.3 Å². The Bertz CT molecular complexity index is 739. The Hall–Kier alpha value is -1.39. The van der Waals surface area contributed by atoms with Crippen molar-refractivity contribution in [2.45, 2.75) is 6.92 Å². The standard InChI is InChI=1S/C14H9BrO2S/c1-8-9(5-6-17-8)13(16)11-7-18-14-10(11)3-2-4-12(14)15/h2-7H,1H3. The molecule has 0 aliphatic rings. The minimum absolute atomic E-state index is 0.0191. The number of halogens is 1. The lowest BCUT2D eigenvalue weighted by atomic mass is 10.0. The molecule has 0 unspecified atom stereocenters. The van der Waals surface area contributed by atoms with Crippen molar-refractivity contribution in [1.29, 1.82) is 0 Å². The highest BCUT2D eigenvalue weighted by molar-refractivity contribution is 9.10. The third-order valence-electron chi connectivity index (χ3n) is 2.90. The molecule has 3 rings (SSSR count). The molecule has 0 fully saturated rings. The molecule has 18 heavy (non-hydrogen) atoms. The van der Waals surface area contributed by atoms with Crippen LogP contribution in [-0.2, 0) is 0 Å². The van der Waals surface area contributed by atoms with E-state index < -0.39 is 0 Å². The maximum Gasteiger partial charge on any atom is 0.197 e. The van der Waals surface area contributed by atoms with Gasteiger partial charge in [0.2, 0.25) is 0 Å². The molecule has 4 heteroatoms. The van der Waals surface area contributed by atoms with Gasteiger partial charge in [-0.05, 0) is 35.0 Å². The monoisotopic (exact) mass is 320 g/mol. The first-order valence-corrected chi connectivity index (χ1v) is 7.10. The first-order chi connectivity index (χ1) is 8.68. The highest BCUT2D eigenvalue weighted by Crippen LogP contribution is 2.33. The lowest BCUT2D eigenvalue weighted by Gasteiger charge is -1.98. The van der Waals surface area contributed by atoms with Crippen molar-refractivity contribution in [2.75, 3.05) is 0 Å². The van der Waals surface area contributed by atoms with Crippen LogP contribution in [0.15, 0.2) is 44.8 Å². The molecule has 0 saturated heterocycles. The number of benzene rings is 1. The van der Waals surface area contributed by atoms with E-state index in [0.717, 1.165) is 20.1 Å². The summed E-state index contributed by atoms with van der Waals surface area (Å²) in [7, 11) is 0. The van der Waals surface area contributed by atoms with E-state index in [1.807, 2.05) is 23.6 Å². The second-order valence-electron chi connectivity index (χ2n) is 3.99. The second-order valence-corrected chi connectivity index (χ2v) is 5.72. The fraction of sp³-hybridized carbons (Fsp3) is 0.0714. The lowest BCUT2D eigenvalue weighted by Crippen LogP contribution is -2.00. The van der Waals surface area contributed by atoms with Crippen molar-refractivity contribution in [1.82, 2.24) is 0 Å². The summed E-state index contributed by atoms with van der Waals surface area (Å²) in [4.78, 5) is 12.4. The van der Waals surface area contributed by atoms with Crippen molar-refractivity contribution >= 4 is 43.1 Å². The molecule has 2 nitrogen and oxygen atoms in total. The topological polar surface area (TPSA) is 30.2 Å². The minimum Gasteiger partial charge on any atom is -0.469 e. The number of carbonyl (C=O) groups is 1. The Morgan fingerprint density at radius 3 is 2.83 bits per heavy atom. The normalized spacial score (nSPS) is 11.0. The number of hydrogen-bond acceptors (Lipinski definition) is 3. The fourth-order valence-electron chi connectivity index (χ4n) is 1.96. The Kier molecular flexibility index (Phi) is 2.84. The number of rotatable bonds is 2. The Morgan fingerprint density at radius 2 is 2.11 bits per heavy atom. The van der Waals surface area contributed by atoms with Crippen LogP contribution in [-0.4, -0.2) is 5.78 Å². The van der Waals surface area contributed by atoms with E-state index in [-0.39, 0.29) is 5.78 Å². The number of thiophene rings is 1. The molecule has 2 aromatic heterocycles. The largest absolute Gasteiger partial charge is 0.469 e. The van der Waals surface area contributed by atoms with Crippen LogP contribution in [0.2, 0.25) is 0 Å². The molecule has 1 aromatic carbocycles. The van der Waals surface area contributed by atoms with Gasteiger partial charge in [-0.25, -0.2) is 0 Å². The molecule has 3 aromatic rings. The van der Waals surface area contributed by atoms with Gasteiger partial charge in [0.1, 0.15) is 5.76 Å². The van der Waals surface area contributed by atoms with Gasteiger partial charge in [0, 0.05) is 25.5 Å². The average Bonchev–Trinajstić information content (AvgIpc) is 2.95. The van der Waals surface area contributed by atoms with Crippen LogP contribution in [0.4, 0.5) is 0 Å². The molecule has 0 spiro atoms. The molecule has 0 aliphatic carbocycles. The van der Waals surface area contributed by atoms with Gasteiger partial charge < -0.3 is 4.42 Å². The zero-order chi connectivity index (χ0) is 12.7. The summed E-state index contributed by atoms with van der Waals surface area (Å²) in [5.41, 5.74) is 1.37. The van der Waals surface area contributed by atoms with E-state index in [1.54, 1.807) is 30.6 Å². The molecule has 90 valence electrons. The summed E-state index contributed by atoms with van der Waals surface area (Å²) in [5.74, 6) is 0.681. The Morgan fingerprint density at radius 1 is 1.28 bits per heavy atom. The van der Waals surface area contributed by atoms with Crippen LogP contribution < -0.4 is 0 Å². The van der Waals surface area contributed by atoms with Crippen LogP contribution in [0.3, 0.4) is 0 Å². The van der Waals surface area contributed by atoms with Crippen LogP contribution in [0.5, 0.6) is 0 Å². The molecular weight excluding hydrogens is 312 g/mol. The van der Waals surface area contributed by atoms with Gasteiger partial charge in [-0.1, -0.05) is 12.1 Å². The van der Waals surface area contributed by atoms with Crippen molar-refractivity contribution in [3.05, 3.63) is 57.3 Å². The van der Waals surface area contributed by atoms with Crippen LogP contribution in [0.1, 0.15) is 21.7 Å². The summed E-state index contributed by atoms with van der Waals surface area (Å²) >= 11 is 5.08. The Labute approximate surface area is 116 Å². The van der Waals surface area contributed by atoms with E-state index >= 15 is 0 Å². The second kappa shape index (κ2) is 4.37. The molecular formula is C14H9BrO2S. The summed E-state index contributed by atoms with van der Waals surface area (Å²) in [6, 6.07) is 7.62. The zero-order valence-electron chi connectivity index (χ0n) is 9.57. The first-order valence-electron chi connectivity index (χ1n) is 5.43. The van der Waals surface area contributed by atoms with Gasteiger partial charge in [-0.2, -0.15) is 0 Å². The summed E-state index contributed by atoms with van der Waals surface area (Å²) < 4.78 is 7.31. The number of carbonyl (C=O) groups excluding carboxylic acids is 1. The van der Waals surface area contributed by atoms with Gasteiger partial charge >= 0.3 is 0 Å². The number of ketones is 1. The third-order valence-corrected chi connectivity index (χ3v) is 4.85. The van der Waals surface area contributed by atoms with Crippen molar-refractivity contribution < 1.29 is 9.21 Å². The maximum atomic E-state index is 12.4. The molecule has 2 heterocycles. The maximum absolute atomic E-state index is 12.4. The summed E-state index contributed by atoms with van der Waals surface area (Å²) in [6.07, 6.45) is 1.55. The van der Waals surface area contributed by atoms with Gasteiger partial charge in [-0.15, -0.1) is 11.3 Å². The quantitative estimate of drug-likeness (QED) is 0.635. The van der Waals surface area contributed by atoms with Crippen molar-refractivity contribution in [2.24, 2.45) is 0 Å². The first kappa shape index (κ1) is 11.7. The fourth-order valence-corrected chi connectivity index (χ4v) is 3.57. The number of aryl methyl sites for hydroxylation is 1. The highest BCUT2D eigenvalue weighted by Gasteiger charge is 2.18. The molecule has 0 N–H and O–H groups in total. The Balaban J connectivity index is 2.19. The van der Waals surface area contributed by atoms with E-state index in [2.05, 4.69) is 15.9 Å². The van der Waals surface area contributed by atoms with Crippen molar-refractivity contribution in [3.63, 3.8) is 0 Å². The summed E-state index contributed by atoms with van der Waals surface area (Å²) in [6.45, 7) is 1.80. The van der Waals surface area contributed by atoms with Gasteiger partial charge in [0.25, 0.3) is 0 Å². The number of furan rings is 1. The van der Waals surface area contributed by atoms with Crippen LogP contribution in [0.25, 0.3) is 10.1 Å². The summed E-state index contributed by atoms with van der Waals surface area (Å²) in [5, 5.41) is 2.89. The molecule has 0 amide bonds. The molecule has 0 atom stereocenters. The molecule has 0 bridgehead atoms. The predicted molar refractivity (Wildman–Crippen MR) is 76.4 cm³/mol. The molecule has 0 saturated carbocycles. The van der Waals surface area contributed by atoms with E-state index in [1.165, 1.54) is 0 Å². The molecule has 0 radical (unpaired) electrons. The predicted octanol–water partition coefficient (Wildman–Crippen LogP) is 4.80. The van der Waals surface area contributed by atoms with Gasteiger partial charge in [0.05, 0.1) is 11.8 Å². The minimum atomic E-state index is 0.0191. The van der Waals surface area contributed by atoms with E-state index in [9.17, 15) is 4.79 Å². The molecule has 0 aliphatic heterocycles. The van der Waals surface area contributed by atoms with E-state index in [4.69, 9.17) is 4.42 Å².